The van der Waals surface area contributed by atoms with Crippen molar-refractivity contribution in [1.29, 1.82) is 0 Å². The molecule has 22 heavy (non-hydrogen) atoms. The van der Waals surface area contributed by atoms with Crippen LogP contribution in [0.1, 0.15) is 57.6 Å². The van der Waals surface area contributed by atoms with Crippen molar-refractivity contribution in [3.63, 3.8) is 0 Å². The first kappa shape index (κ1) is 16.9. The minimum Gasteiger partial charge on any atom is -0.337 e. The molecule has 3 heteroatoms. The van der Waals surface area contributed by atoms with Crippen LogP contribution in [-0.4, -0.2) is 30.1 Å². The van der Waals surface area contributed by atoms with Crippen LogP contribution in [0.15, 0.2) is 24.3 Å². The van der Waals surface area contributed by atoms with E-state index < -0.39 is 0 Å². The molecule has 0 aromatic heterocycles. The van der Waals surface area contributed by atoms with Gasteiger partial charge in [0.25, 0.3) is 0 Å². The zero-order chi connectivity index (χ0) is 16.2. The van der Waals surface area contributed by atoms with Crippen molar-refractivity contribution < 1.29 is 4.79 Å². The molecule has 1 unspecified atom stereocenters. The largest absolute Gasteiger partial charge is 0.337 e. The van der Waals surface area contributed by atoms with Crippen molar-refractivity contribution in [3.05, 3.63) is 35.4 Å². The van der Waals surface area contributed by atoms with Crippen molar-refractivity contribution in [1.82, 2.24) is 10.2 Å². The number of benzene rings is 1. The fraction of sp³-hybridized carbons (Fsp3) is 0.632. The summed E-state index contributed by atoms with van der Waals surface area (Å²) in [7, 11) is 0. The van der Waals surface area contributed by atoms with Crippen LogP contribution >= 0.6 is 0 Å². The molecule has 3 nitrogen and oxygen atoms in total. The fourth-order valence-corrected chi connectivity index (χ4v) is 3.20. The summed E-state index contributed by atoms with van der Waals surface area (Å²) >= 11 is 0. The number of aryl methyl sites for hydroxylation is 1. The molecule has 1 fully saturated rings. The maximum Gasteiger partial charge on any atom is 0.317 e. The Kier molecular flexibility index (Phi) is 5.49. The third kappa shape index (κ3) is 4.02. The average molecular weight is 302 g/mol. The van der Waals surface area contributed by atoms with Gasteiger partial charge in [-0.2, -0.15) is 0 Å². The number of carbonyl (C=O) groups excluding carboxylic acids is 1. The van der Waals surface area contributed by atoms with E-state index in [0.717, 1.165) is 25.8 Å². The standard InChI is InChI=1S/C19H30N2O/c1-5-17-8-6-7-13-21(17)18(22)20-14-19(3,4)16-11-9-15(2)10-12-16/h9-12,17H,5-8,13-14H2,1-4H3,(H,20,22). The van der Waals surface area contributed by atoms with Gasteiger partial charge in [0.2, 0.25) is 0 Å². The molecule has 0 saturated carbocycles. The van der Waals surface area contributed by atoms with E-state index in [0.29, 0.717) is 12.6 Å². The Balaban J connectivity index is 1.95. The van der Waals surface area contributed by atoms with Gasteiger partial charge in [0.05, 0.1) is 0 Å². The Morgan fingerprint density at radius 2 is 1.95 bits per heavy atom. The lowest BCUT2D eigenvalue weighted by Gasteiger charge is -2.36. The first-order valence-electron chi connectivity index (χ1n) is 8.55. The number of urea groups is 1. The molecule has 1 atom stereocenters. The number of likely N-dealkylation sites (tertiary alicyclic amines) is 1. The molecular weight excluding hydrogens is 272 g/mol. The third-order valence-electron chi connectivity index (χ3n) is 4.87. The second-order valence-corrected chi connectivity index (χ2v) is 7.16. The number of hydrogen-bond donors (Lipinski definition) is 1. The number of rotatable bonds is 4. The molecule has 1 saturated heterocycles. The first-order valence-corrected chi connectivity index (χ1v) is 8.55. The molecule has 1 heterocycles. The first-order chi connectivity index (χ1) is 10.4. The number of nitrogens with one attached hydrogen (secondary N) is 1. The van der Waals surface area contributed by atoms with E-state index in [9.17, 15) is 4.79 Å². The lowest BCUT2D eigenvalue weighted by molar-refractivity contribution is 0.147. The van der Waals surface area contributed by atoms with Gasteiger partial charge < -0.3 is 10.2 Å². The zero-order valence-electron chi connectivity index (χ0n) is 14.5. The Hall–Kier alpha value is -1.51. The molecular formula is C19H30N2O. The van der Waals surface area contributed by atoms with Crippen molar-refractivity contribution >= 4 is 6.03 Å². The fourth-order valence-electron chi connectivity index (χ4n) is 3.20. The summed E-state index contributed by atoms with van der Waals surface area (Å²) in [4.78, 5) is 14.6. The SMILES string of the molecule is CCC1CCCCN1C(=O)NCC(C)(C)c1ccc(C)cc1. The highest BCUT2D eigenvalue weighted by Gasteiger charge is 2.27. The summed E-state index contributed by atoms with van der Waals surface area (Å²) in [6.45, 7) is 10.2. The minimum atomic E-state index is -0.0547. The van der Waals surface area contributed by atoms with Crippen molar-refractivity contribution in [3.8, 4) is 0 Å². The van der Waals surface area contributed by atoms with E-state index in [1.807, 2.05) is 4.90 Å². The molecule has 122 valence electrons. The van der Waals surface area contributed by atoms with Crippen LogP contribution in [0.4, 0.5) is 4.79 Å². The van der Waals surface area contributed by atoms with E-state index in [4.69, 9.17) is 0 Å². The summed E-state index contributed by atoms with van der Waals surface area (Å²) in [5.74, 6) is 0. The summed E-state index contributed by atoms with van der Waals surface area (Å²) in [6.07, 6.45) is 4.57. The number of hydrogen-bond acceptors (Lipinski definition) is 1. The quantitative estimate of drug-likeness (QED) is 0.886. The number of carbonyl (C=O) groups is 1. The Labute approximate surface area is 135 Å². The predicted molar refractivity (Wildman–Crippen MR) is 92.2 cm³/mol. The highest BCUT2D eigenvalue weighted by atomic mass is 16.2. The topological polar surface area (TPSA) is 32.3 Å². The summed E-state index contributed by atoms with van der Waals surface area (Å²) in [5, 5.41) is 3.16. The van der Waals surface area contributed by atoms with Gasteiger partial charge in [-0.15, -0.1) is 0 Å². The van der Waals surface area contributed by atoms with Gasteiger partial charge in [0.15, 0.2) is 0 Å². The zero-order valence-corrected chi connectivity index (χ0v) is 14.5. The molecule has 1 aliphatic heterocycles. The highest BCUT2D eigenvalue weighted by Crippen LogP contribution is 2.23. The maximum atomic E-state index is 12.5. The Morgan fingerprint density at radius 1 is 1.27 bits per heavy atom. The van der Waals surface area contributed by atoms with Crippen LogP contribution in [0.25, 0.3) is 0 Å². The Bertz CT molecular complexity index is 493. The van der Waals surface area contributed by atoms with E-state index in [-0.39, 0.29) is 11.4 Å². The summed E-state index contributed by atoms with van der Waals surface area (Å²) < 4.78 is 0. The molecule has 2 amide bonds. The van der Waals surface area contributed by atoms with Crippen LogP contribution in [0.2, 0.25) is 0 Å². The predicted octanol–water partition coefficient (Wildman–Crippen LogP) is 4.25. The van der Waals surface area contributed by atoms with Gasteiger partial charge >= 0.3 is 6.03 Å². The monoisotopic (exact) mass is 302 g/mol. The number of nitrogens with zero attached hydrogens (tertiary/aromatic N) is 1. The van der Waals surface area contributed by atoms with Crippen LogP contribution in [0.5, 0.6) is 0 Å². The van der Waals surface area contributed by atoms with Gasteiger partial charge in [-0.1, -0.05) is 50.6 Å². The maximum absolute atomic E-state index is 12.5. The third-order valence-corrected chi connectivity index (χ3v) is 4.87. The van der Waals surface area contributed by atoms with E-state index in [1.165, 1.54) is 17.5 Å². The molecule has 2 rings (SSSR count). The van der Waals surface area contributed by atoms with Crippen molar-refractivity contribution in [2.24, 2.45) is 0 Å². The van der Waals surface area contributed by atoms with Crippen LogP contribution in [-0.2, 0) is 5.41 Å². The van der Waals surface area contributed by atoms with Crippen LogP contribution < -0.4 is 5.32 Å². The van der Waals surface area contributed by atoms with E-state index in [2.05, 4.69) is 57.3 Å². The molecule has 0 spiro atoms. The number of piperidine rings is 1. The van der Waals surface area contributed by atoms with Gasteiger partial charge in [-0.3, -0.25) is 0 Å². The molecule has 0 bridgehead atoms. The minimum absolute atomic E-state index is 0.0547. The molecule has 1 aromatic rings. The van der Waals surface area contributed by atoms with Gasteiger partial charge in [0, 0.05) is 24.5 Å². The van der Waals surface area contributed by atoms with E-state index >= 15 is 0 Å². The van der Waals surface area contributed by atoms with Crippen molar-refractivity contribution in [2.75, 3.05) is 13.1 Å². The van der Waals surface area contributed by atoms with Gasteiger partial charge in [-0.25, -0.2) is 4.79 Å². The second-order valence-electron chi connectivity index (χ2n) is 7.16. The highest BCUT2D eigenvalue weighted by molar-refractivity contribution is 5.74. The lowest BCUT2D eigenvalue weighted by atomic mass is 9.84. The molecule has 0 aliphatic carbocycles. The lowest BCUT2D eigenvalue weighted by Crippen LogP contribution is -2.50. The summed E-state index contributed by atoms with van der Waals surface area (Å²) in [6, 6.07) is 9.12. The molecule has 1 aromatic carbocycles. The average Bonchev–Trinajstić information content (AvgIpc) is 2.53. The normalized spacial score (nSPS) is 19.1. The second kappa shape index (κ2) is 7.17. The van der Waals surface area contributed by atoms with E-state index in [1.54, 1.807) is 0 Å². The summed E-state index contributed by atoms with van der Waals surface area (Å²) in [5.41, 5.74) is 2.48. The van der Waals surface area contributed by atoms with Crippen LogP contribution in [0, 0.1) is 6.92 Å². The number of amides is 2. The molecule has 1 N–H and O–H groups in total. The molecule has 0 radical (unpaired) electrons. The van der Waals surface area contributed by atoms with Gasteiger partial charge in [-0.05, 0) is 38.2 Å². The Morgan fingerprint density at radius 3 is 2.59 bits per heavy atom. The van der Waals surface area contributed by atoms with Crippen LogP contribution in [0.3, 0.4) is 0 Å². The van der Waals surface area contributed by atoms with Gasteiger partial charge in [0.1, 0.15) is 0 Å². The molecule has 1 aliphatic rings. The van der Waals surface area contributed by atoms with Crippen molar-refractivity contribution in [2.45, 2.75) is 64.8 Å². The smallest absolute Gasteiger partial charge is 0.317 e.